The van der Waals surface area contributed by atoms with Crippen LogP contribution in [0.5, 0.6) is 0 Å². The van der Waals surface area contributed by atoms with Gasteiger partial charge in [-0.05, 0) is 43.2 Å². The molecule has 3 rings (SSSR count). The van der Waals surface area contributed by atoms with E-state index in [1.807, 2.05) is 0 Å². The molecule has 0 amide bonds. The third kappa shape index (κ3) is 4.04. The van der Waals surface area contributed by atoms with Crippen molar-refractivity contribution in [1.82, 2.24) is 5.32 Å². The Morgan fingerprint density at radius 1 is 0.957 bits per heavy atom. The van der Waals surface area contributed by atoms with Gasteiger partial charge in [-0.3, -0.25) is 0 Å². The van der Waals surface area contributed by atoms with E-state index in [2.05, 4.69) is 92.0 Å². The van der Waals surface area contributed by atoms with Crippen LogP contribution in [-0.4, -0.2) is 0 Å². The molecule has 1 N–H and O–H groups in total. The zero-order valence-electron chi connectivity index (χ0n) is 14.2. The van der Waals surface area contributed by atoms with Crippen LogP contribution in [0.4, 0.5) is 0 Å². The molecule has 0 aromatic heterocycles. The molecule has 0 spiro atoms. The van der Waals surface area contributed by atoms with Crippen LogP contribution in [0.25, 0.3) is 0 Å². The van der Waals surface area contributed by atoms with Crippen LogP contribution in [0.3, 0.4) is 0 Å². The quantitative estimate of drug-likeness (QED) is 0.695. The molecule has 1 heteroatoms. The second kappa shape index (κ2) is 7.50. The fraction of sp³-hybridized carbons (Fsp3) is 0.364. The Kier molecular flexibility index (Phi) is 5.17. The van der Waals surface area contributed by atoms with Crippen molar-refractivity contribution in [2.24, 2.45) is 17.8 Å². The summed E-state index contributed by atoms with van der Waals surface area (Å²) in [4.78, 5) is 0. The van der Waals surface area contributed by atoms with E-state index in [0.29, 0.717) is 23.8 Å². The minimum absolute atomic E-state index is 0.350. The molecule has 2 aliphatic carbocycles. The summed E-state index contributed by atoms with van der Waals surface area (Å²) >= 11 is 0. The number of nitrogens with one attached hydrogen (secondary N) is 1. The molecule has 0 bridgehead atoms. The van der Waals surface area contributed by atoms with Crippen LogP contribution in [0, 0.1) is 17.8 Å². The van der Waals surface area contributed by atoms with Crippen LogP contribution in [0.2, 0.25) is 0 Å². The standard InChI is InChI=1S/C22H27N/c1-17(19-9-6-7-10-19)15-16-21-13-8-14-22(21)23-18(2)20-11-4-3-5-12-20/h3-14,17-19,21,23H,15-16H2,1-2H3/t17-,18+,21?/m1/s1. The van der Waals surface area contributed by atoms with Crippen molar-refractivity contribution in [3.63, 3.8) is 0 Å². The summed E-state index contributed by atoms with van der Waals surface area (Å²) in [6, 6.07) is 11.0. The zero-order chi connectivity index (χ0) is 16.1. The van der Waals surface area contributed by atoms with Gasteiger partial charge < -0.3 is 5.32 Å². The highest BCUT2D eigenvalue weighted by molar-refractivity contribution is 5.28. The number of hydrogen-bond donors (Lipinski definition) is 1. The lowest BCUT2D eigenvalue weighted by Crippen LogP contribution is -2.22. The minimum atomic E-state index is 0.350. The lowest BCUT2D eigenvalue weighted by molar-refractivity contribution is 0.420. The van der Waals surface area contributed by atoms with E-state index >= 15 is 0 Å². The summed E-state index contributed by atoms with van der Waals surface area (Å²) < 4.78 is 0. The van der Waals surface area contributed by atoms with E-state index in [1.54, 1.807) is 0 Å². The molecule has 0 saturated carbocycles. The van der Waals surface area contributed by atoms with Crippen LogP contribution in [0.1, 0.15) is 38.3 Å². The topological polar surface area (TPSA) is 12.0 Å². The van der Waals surface area contributed by atoms with Crippen LogP contribution < -0.4 is 5.32 Å². The smallest absolute Gasteiger partial charge is 0.0482 e. The molecule has 0 fully saturated rings. The number of allylic oxidation sites excluding steroid dienone is 7. The molecule has 0 radical (unpaired) electrons. The Bertz CT molecular complexity index is 609. The van der Waals surface area contributed by atoms with Gasteiger partial charge >= 0.3 is 0 Å². The molecule has 23 heavy (non-hydrogen) atoms. The monoisotopic (exact) mass is 305 g/mol. The van der Waals surface area contributed by atoms with Crippen LogP contribution in [-0.2, 0) is 0 Å². The van der Waals surface area contributed by atoms with Gasteiger partial charge in [-0.25, -0.2) is 0 Å². The molecule has 1 unspecified atom stereocenters. The maximum atomic E-state index is 3.71. The van der Waals surface area contributed by atoms with Crippen LogP contribution in [0.15, 0.2) is 78.6 Å². The zero-order valence-corrected chi connectivity index (χ0v) is 14.2. The highest BCUT2D eigenvalue weighted by Gasteiger charge is 2.20. The summed E-state index contributed by atoms with van der Waals surface area (Å²) in [5.74, 6) is 1.88. The average Bonchev–Trinajstić information content (AvgIpc) is 3.25. The predicted octanol–water partition coefficient (Wildman–Crippen LogP) is 5.57. The van der Waals surface area contributed by atoms with Gasteiger partial charge in [-0.15, -0.1) is 0 Å². The molecule has 0 aliphatic heterocycles. The minimum Gasteiger partial charge on any atom is -0.381 e. The predicted molar refractivity (Wildman–Crippen MR) is 98.9 cm³/mol. The maximum absolute atomic E-state index is 3.71. The highest BCUT2D eigenvalue weighted by atomic mass is 14.9. The van der Waals surface area contributed by atoms with Crippen molar-refractivity contribution in [2.45, 2.75) is 32.7 Å². The third-order valence-corrected chi connectivity index (χ3v) is 5.07. The lowest BCUT2D eigenvalue weighted by atomic mass is 9.87. The first-order valence-electron chi connectivity index (χ1n) is 8.79. The SMILES string of the molecule is C[C@H](NC1=CC=CC1CC[C@@H](C)C1C=CC=C1)c1ccccc1. The summed E-state index contributed by atoms with van der Waals surface area (Å²) in [5, 5.41) is 3.71. The van der Waals surface area contributed by atoms with E-state index in [9.17, 15) is 0 Å². The lowest BCUT2D eigenvalue weighted by Gasteiger charge is -2.23. The van der Waals surface area contributed by atoms with Gasteiger partial charge in [0.15, 0.2) is 0 Å². The number of benzene rings is 1. The van der Waals surface area contributed by atoms with Crippen molar-refractivity contribution in [3.05, 3.63) is 84.1 Å². The van der Waals surface area contributed by atoms with Crippen molar-refractivity contribution in [1.29, 1.82) is 0 Å². The van der Waals surface area contributed by atoms with E-state index in [4.69, 9.17) is 0 Å². The Labute approximate surface area is 140 Å². The van der Waals surface area contributed by atoms with E-state index in [-0.39, 0.29) is 0 Å². The Morgan fingerprint density at radius 3 is 2.43 bits per heavy atom. The first-order valence-corrected chi connectivity index (χ1v) is 8.79. The molecule has 0 heterocycles. The van der Waals surface area contributed by atoms with Gasteiger partial charge in [-0.2, -0.15) is 0 Å². The van der Waals surface area contributed by atoms with Gasteiger partial charge in [0.05, 0.1) is 0 Å². The van der Waals surface area contributed by atoms with Crippen molar-refractivity contribution < 1.29 is 0 Å². The van der Waals surface area contributed by atoms with Gasteiger partial charge in [0.1, 0.15) is 0 Å². The second-order valence-corrected chi connectivity index (χ2v) is 6.79. The summed E-state index contributed by atoms with van der Waals surface area (Å²) in [5.41, 5.74) is 2.71. The number of hydrogen-bond acceptors (Lipinski definition) is 1. The average molecular weight is 305 g/mol. The van der Waals surface area contributed by atoms with E-state index in [1.165, 1.54) is 24.1 Å². The summed E-state index contributed by atoms with van der Waals surface area (Å²) in [6.07, 6.45) is 18.2. The first kappa shape index (κ1) is 15.9. The Morgan fingerprint density at radius 2 is 1.70 bits per heavy atom. The summed E-state index contributed by atoms with van der Waals surface area (Å²) in [6.45, 7) is 4.61. The first-order chi connectivity index (χ1) is 11.2. The van der Waals surface area contributed by atoms with Crippen LogP contribution >= 0.6 is 0 Å². The second-order valence-electron chi connectivity index (χ2n) is 6.79. The summed E-state index contributed by atoms with van der Waals surface area (Å²) in [7, 11) is 0. The molecule has 1 aromatic carbocycles. The maximum Gasteiger partial charge on any atom is 0.0482 e. The number of rotatable bonds is 7. The van der Waals surface area contributed by atoms with Gasteiger partial charge in [0, 0.05) is 17.7 Å². The highest BCUT2D eigenvalue weighted by Crippen LogP contribution is 2.30. The fourth-order valence-corrected chi connectivity index (χ4v) is 3.47. The molecule has 120 valence electrons. The molecule has 0 saturated heterocycles. The molecular formula is C22H27N. The third-order valence-electron chi connectivity index (χ3n) is 5.07. The fourth-order valence-electron chi connectivity index (χ4n) is 3.47. The van der Waals surface area contributed by atoms with Gasteiger partial charge in [0.2, 0.25) is 0 Å². The van der Waals surface area contributed by atoms with E-state index < -0.39 is 0 Å². The van der Waals surface area contributed by atoms with E-state index in [0.717, 1.165) is 0 Å². The van der Waals surface area contributed by atoms with Gasteiger partial charge in [-0.1, -0.05) is 73.7 Å². The molecule has 1 nitrogen and oxygen atoms in total. The Hall–Kier alpha value is -2.02. The van der Waals surface area contributed by atoms with Crippen molar-refractivity contribution in [3.8, 4) is 0 Å². The normalized spacial score (nSPS) is 22.3. The van der Waals surface area contributed by atoms with Crippen molar-refractivity contribution >= 4 is 0 Å². The molecular weight excluding hydrogens is 278 g/mol. The molecule has 1 aromatic rings. The van der Waals surface area contributed by atoms with Gasteiger partial charge in [0.25, 0.3) is 0 Å². The largest absolute Gasteiger partial charge is 0.381 e. The molecule has 2 aliphatic rings. The molecule has 3 atom stereocenters. The Balaban J connectivity index is 1.52. The van der Waals surface area contributed by atoms with Crippen molar-refractivity contribution in [2.75, 3.05) is 0 Å².